The number of carbonyl (C=O) groups is 1. The molecule has 3 heterocycles. The van der Waals surface area contributed by atoms with Crippen LogP contribution in [0.3, 0.4) is 0 Å². The number of rotatable bonds is 5. The molecule has 148 valence electrons. The molecular formula is C22H29N5O. The van der Waals surface area contributed by atoms with E-state index in [1.165, 1.54) is 5.52 Å². The van der Waals surface area contributed by atoms with E-state index in [0.29, 0.717) is 24.8 Å². The first kappa shape index (κ1) is 18.7. The Hall–Kier alpha value is -2.63. The van der Waals surface area contributed by atoms with Crippen LogP contribution in [0, 0.1) is 0 Å². The maximum absolute atomic E-state index is 12.8. The van der Waals surface area contributed by atoms with Crippen molar-refractivity contribution < 1.29 is 4.79 Å². The topological polar surface area (TPSA) is 56.0 Å². The van der Waals surface area contributed by atoms with E-state index in [1.54, 1.807) is 4.68 Å². The van der Waals surface area contributed by atoms with Crippen LogP contribution < -0.4 is 0 Å². The highest BCUT2D eigenvalue weighted by Gasteiger charge is 2.29. The number of hydrogen-bond donors (Lipinski definition) is 0. The monoisotopic (exact) mass is 379 g/mol. The van der Waals surface area contributed by atoms with E-state index in [9.17, 15) is 4.79 Å². The van der Waals surface area contributed by atoms with Gasteiger partial charge in [-0.25, -0.2) is 4.98 Å². The lowest BCUT2D eigenvalue weighted by Gasteiger charge is -2.33. The lowest BCUT2D eigenvalue weighted by molar-refractivity contribution is -0.132. The molecule has 1 aliphatic heterocycles. The highest BCUT2D eigenvalue weighted by atomic mass is 16.2. The molecule has 28 heavy (non-hydrogen) atoms. The predicted molar refractivity (Wildman–Crippen MR) is 110 cm³/mol. The minimum absolute atomic E-state index is 0.225. The van der Waals surface area contributed by atoms with Crippen molar-refractivity contribution in [3.8, 4) is 0 Å². The van der Waals surface area contributed by atoms with E-state index in [-0.39, 0.29) is 5.91 Å². The fourth-order valence-corrected chi connectivity index (χ4v) is 4.30. The van der Waals surface area contributed by atoms with Crippen LogP contribution in [-0.2, 0) is 18.3 Å². The van der Waals surface area contributed by atoms with Crippen LogP contribution in [-0.4, -0.2) is 43.2 Å². The molecule has 1 aliphatic rings. The lowest BCUT2D eigenvalue weighted by Crippen LogP contribution is -2.40. The Bertz CT molecular complexity index is 970. The van der Waals surface area contributed by atoms with Gasteiger partial charge in [0.2, 0.25) is 5.91 Å². The molecule has 1 atom stereocenters. The lowest BCUT2D eigenvalue weighted by atomic mass is 9.96. The average molecular weight is 380 g/mol. The largest absolute Gasteiger partial charge is 0.342 e. The van der Waals surface area contributed by atoms with Gasteiger partial charge >= 0.3 is 0 Å². The van der Waals surface area contributed by atoms with Gasteiger partial charge in [0.1, 0.15) is 5.82 Å². The molecule has 3 aromatic rings. The smallest absolute Gasteiger partial charge is 0.222 e. The first-order valence-corrected chi connectivity index (χ1v) is 10.3. The number of carbonyl (C=O) groups excluding carboxylic acids is 1. The fraction of sp³-hybridized carbons (Fsp3) is 0.500. The van der Waals surface area contributed by atoms with Gasteiger partial charge in [0.15, 0.2) is 0 Å². The number of hydrogen-bond acceptors (Lipinski definition) is 3. The maximum atomic E-state index is 12.8. The molecule has 0 aliphatic carbocycles. The summed E-state index contributed by atoms with van der Waals surface area (Å²) in [7, 11) is 1.90. The summed E-state index contributed by atoms with van der Waals surface area (Å²) in [5.41, 5.74) is 3.21. The van der Waals surface area contributed by atoms with Gasteiger partial charge in [-0.05, 0) is 44.9 Å². The van der Waals surface area contributed by atoms with E-state index >= 15 is 0 Å². The Labute approximate surface area is 166 Å². The Kier molecular flexibility index (Phi) is 5.20. The van der Waals surface area contributed by atoms with E-state index in [4.69, 9.17) is 4.98 Å². The zero-order chi connectivity index (χ0) is 19.7. The minimum Gasteiger partial charge on any atom is -0.342 e. The van der Waals surface area contributed by atoms with Crippen LogP contribution in [0.2, 0.25) is 0 Å². The third-order valence-corrected chi connectivity index (χ3v) is 5.64. The van der Waals surface area contributed by atoms with Gasteiger partial charge in [0.05, 0.1) is 16.7 Å². The maximum Gasteiger partial charge on any atom is 0.222 e. The third kappa shape index (κ3) is 3.68. The molecule has 4 rings (SSSR count). The number of nitrogens with zero attached hydrogens (tertiary/aromatic N) is 5. The first-order valence-electron chi connectivity index (χ1n) is 10.3. The number of aromatic nitrogens is 4. The summed E-state index contributed by atoms with van der Waals surface area (Å²) in [6.07, 6.45) is 5.25. The van der Waals surface area contributed by atoms with Crippen molar-refractivity contribution in [2.45, 2.75) is 51.5 Å². The molecule has 1 amide bonds. The number of aryl methyl sites for hydroxylation is 2. The normalized spacial score (nSPS) is 17.6. The molecule has 1 saturated heterocycles. The number of para-hydroxylation sites is 2. The molecule has 0 spiro atoms. The second-order valence-electron chi connectivity index (χ2n) is 8.08. The van der Waals surface area contributed by atoms with Crippen molar-refractivity contribution in [2.24, 2.45) is 7.05 Å². The molecule has 6 heteroatoms. The summed E-state index contributed by atoms with van der Waals surface area (Å²) in [6.45, 7) is 6.02. The summed E-state index contributed by atoms with van der Waals surface area (Å²) in [5.74, 6) is 1.64. The van der Waals surface area contributed by atoms with Crippen molar-refractivity contribution in [1.82, 2.24) is 24.2 Å². The van der Waals surface area contributed by atoms with E-state index < -0.39 is 0 Å². The highest BCUT2D eigenvalue weighted by Crippen LogP contribution is 2.31. The van der Waals surface area contributed by atoms with Gasteiger partial charge in [0.25, 0.3) is 0 Å². The summed E-state index contributed by atoms with van der Waals surface area (Å²) < 4.78 is 4.13. The average Bonchev–Trinajstić information content (AvgIpc) is 3.29. The first-order chi connectivity index (χ1) is 13.5. The number of likely N-dealkylation sites (tertiary alicyclic amines) is 1. The van der Waals surface area contributed by atoms with E-state index in [0.717, 1.165) is 43.0 Å². The zero-order valence-electron chi connectivity index (χ0n) is 17.0. The van der Waals surface area contributed by atoms with Gasteiger partial charge in [-0.3, -0.25) is 9.48 Å². The molecular weight excluding hydrogens is 350 g/mol. The number of fused-ring (bicyclic) bond motifs is 1. The van der Waals surface area contributed by atoms with Crippen LogP contribution in [0.15, 0.2) is 36.5 Å². The Balaban J connectivity index is 1.50. The SMILES string of the molecule is CC(C)n1c(C2CCCN(C(=O)CCc3ccn(C)n3)C2)nc2ccccc21. The molecule has 1 aromatic carbocycles. The zero-order valence-corrected chi connectivity index (χ0v) is 17.0. The van der Waals surface area contributed by atoms with E-state index in [2.05, 4.69) is 41.7 Å². The van der Waals surface area contributed by atoms with Crippen molar-refractivity contribution in [3.63, 3.8) is 0 Å². The summed E-state index contributed by atoms with van der Waals surface area (Å²) in [4.78, 5) is 19.8. The molecule has 1 fully saturated rings. The molecule has 2 aromatic heterocycles. The Morgan fingerprint density at radius 1 is 1.25 bits per heavy atom. The molecule has 0 bridgehead atoms. The van der Waals surface area contributed by atoms with Crippen molar-refractivity contribution in [2.75, 3.05) is 13.1 Å². The van der Waals surface area contributed by atoms with Gasteiger partial charge in [-0.2, -0.15) is 5.10 Å². The number of piperidine rings is 1. The molecule has 0 radical (unpaired) electrons. The van der Waals surface area contributed by atoms with Gasteiger partial charge in [0, 0.05) is 51.1 Å². The summed E-state index contributed by atoms with van der Waals surface area (Å²) in [6, 6.07) is 10.7. The van der Waals surface area contributed by atoms with Crippen LogP contribution in [0.1, 0.15) is 56.6 Å². The molecule has 6 nitrogen and oxygen atoms in total. The van der Waals surface area contributed by atoms with Gasteiger partial charge in [-0.1, -0.05) is 12.1 Å². The number of imidazole rings is 1. The quantitative estimate of drug-likeness (QED) is 0.679. The minimum atomic E-state index is 0.225. The second-order valence-corrected chi connectivity index (χ2v) is 8.08. The third-order valence-electron chi connectivity index (χ3n) is 5.64. The standard InChI is InChI=1S/C22H29N5O/c1-16(2)27-20-9-5-4-8-19(20)23-22(27)17-7-6-13-26(15-17)21(28)11-10-18-12-14-25(3)24-18/h4-5,8-9,12,14,16-17H,6-7,10-11,13,15H2,1-3H3. The van der Waals surface area contributed by atoms with Crippen LogP contribution in [0.5, 0.6) is 0 Å². The van der Waals surface area contributed by atoms with Crippen LogP contribution >= 0.6 is 0 Å². The van der Waals surface area contributed by atoms with Crippen molar-refractivity contribution in [1.29, 1.82) is 0 Å². The molecule has 0 N–H and O–H groups in total. The number of benzene rings is 1. The Morgan fingerprint density at radius 3 is 2.82 bits per heavy atom. The number of amides is 1. The highest BCUT2D eigenvalue weighted by molar-refractivity contribution is 5.77. The van der Waals surface area contributed by atoms with E-state index in [1.807, 2.05) is 30.3 Å². The second kappa shape index (κ2) is 7.78. The fourth-order valence-electron chi connectivity index (χ4n) is 4.30. The van der Waals surface area contributed by atoms with Gasteiger partial charge < -0.3 is 9.47 Å². The van der Waals surface area contributed by atoms with Gasteiger partial charge in [-0.15, -0.1) is 0 Å². The molecule has 1 unspecified atom stereocenters. The summed E-state index contributed by atoms with van der Waals surface area (Å²) >= 11 is 0. The van der Waals surface area contributed by atoms with Crippen LogP contribution in [0.4, 0.5) is 0 Å². The van der Waals surface area contributed by atoms with Crippen LogP contribution in [0.25, 0.3) is 11.0 Å². The van der Waals surface area contributed by atoms with Crippen molar-refractivity contribution in [3.05, 3.63) is 48.0 Å². The predicted octanol–water partition coefficient (Wildman–Crippen LogP) is 3.69. The molecule has 0 saturated carbocycles. The summed E-state index contributed by atoms with van der Waals surface area (Å²) in [5, 5.41) is 4.38. The van der Waals surface area contributed by atoms with Crippen molar-refractivity contribution >= 4 is 16.9 Å². The Morgan fingerprint density at radius 2 is 2.07 bits per heavy atom.